The number of halogens is 2. The number of hydrogen-bond acceptors (Lipinski definition) is 4. The molecule has 6 nitrogen and oxygen atoms in total. The van der Waals surface area contributed by atoms with E-state index in [1.165, 1.54) is 12.1 Å². The maximum Gasteiger partial charge on any atom is 0.253 e. The highest BCUT2D eigenvalue weighted by molar-refractivity contribution is 6.31. The summed E-state index contributed by atoms with van der Waals surface area (Å²) in [5.41, 5.74) is 10.9. The van der Waals surface area contributed by atoms with E-state index in [4.69, 9.17) is 22.3 Å². The number of pyridine rings is 1. The fourth-order valence-corrected chi connectivity index (χ4v) is 4.90. The van der Waals surface area contributed by atoms with Crippen LogP contribution in [-0.2, 0) is 6.42 Å². The van der Waals surface area contributed by atoms with Gasteiger partial charge in [-0.25, -0.2) is 9.37 Å². The summed E-state index contributed by atoms with van der Waals surface area (Å²) in [5.74, 6) is -1.08. The van der Waals surface area contributed by atoms with E-state index in [-0.39, 0.29) is 10.9 Å². The molecule has 8 heteroatoms. The number of aromatic nitrogens is 1. The largest absolute Gasteiger partial charge is 0.366 e. The average molecular weight is 479 g/mol. The average Bonchev–Trinajstić information content (AvgIpc) is 3.05. The topological polar surface area (TPSA) is 79.5 Å². The summed E-state index contributed by atoms with van der Waals surface area (Å²) in [5, 5.41) is -0.0244. The van der Waals surface area contributed by atoms with Gasteiger partial charge in [-0.15, -0.1) is 0 Å². The van der Waals surface area contributed by atoms with Crippen LogP contribution in [0.1, 0.15) is 38.3 Å². The van der Waals surface area contributed by atoms with Gasteiger partial charge in [0.1, 0.15) is 5.82 Å². The van der Waals surface area contributed by atoms with Gasteiger partial charge in [-0.2, -0.15) is 0 Å². The Morgan fingerprint density at radius 3 is 2.65 bits per heavy atom. The third-order valence-corrected chi connectivity index (χ3v) is 6.88. The van der Waals surface area contributed by atoms with Crippen LogP contribution < -0.4 is 5.73 Å². The number of amides is 2. The van der Waals surface area contributed by atoms with Crippen molar-refractivity contribution in [2.24, 2.45) is 5.73 Å². The van der Waals surface area contributed by atoms with E-state index in [2.05, 4.69) is 11.9 Å². The third kappa shape index (κ3) is 4.06. The van der Waals surface area contributed by atoms with E-state index < -0.39 is 11.7 Å². The monoisotopic (exact) mass is 478 g/mol. The van der Waals surface area contributed by atoms with Gasteiger partial charge in [-0.1, -0.05) is 17.7 Å². The molecule has 0 atom stereocenters. The highest BCUT2D eigenvalue weighted by Gasteiger charge is 2.28. The molecule has 3 aromatic rings. The maximum atomic E-state index is 13.7. The number of rotatable bonds is 3. The van der Waals surface area contributed by atoms with Gasteiger partial charge in [0.05, 0.1) is 16.4 Å². The fraction of sp³-hybridized carbons (Fsp3) is 0.269. The Morgan fingerprint density at radius 2 is 1.88 bits per heavy atom. The molecule has 2 heterocycles. The zero-order valence-electron chi connectivity index (χ0n) is 18.8. The first-order valence-electron chi connectivity index (χ1n) is 11.2. The fourth-order valence-electron chi connectivity index (χ4n) is 4.72. The number of carbonyl (C=O) groups is 2. The second-order valence-corrected chi connectivity index (χ2v) is 9.28. The van der Waals surface area contributed by atoms with Crippen molar-refractivity contribution in [1.29, 1.82) is 0 Å². The molecule has 1 saturated heterocycles. The molecule has 0 saturated carbocycles. The van der Waals surface area contributed by atoms with E-state index in [9.17, 15) is 14.0 Å². The number of likely N-dealkylation sites (N-methyl/N-ethyl adjacent to an activating group) is 1. The molecule has 1 fully saturated rings. The van der Waals surface area contributed by atoms with E-state index in [1.54, 1.807) is 12.1 Å². The summed E-state index contributed by atoms with van der Waals surface area (Å²) in [6, 6.07) is 11.5. The molecule has 0 unspecified atom stereocenters. The third-order valence-electron chi connectivity index (χ3n) is 6.59. The lowest BCUT2D eigenvalue weighted by atomic mass is 10.0. The second-order valence-electron chi connectivity index (χ2n) is 8.87. The van der Waals surface area contributed by atoms with Crippen LogP contribution in [0.15, 0.2) is 42.5 Å². The van der Waals surface area contributed by atoms with Gasteiger partial charge in [0, 0.05) is 48.3 Å². The molecule has 1 aliphatic heterocycles. The van der Waals surface area contributed by atoms with Crippen molar-refractivity contribution < 1.29 is 14.0 Å². The first-order valence-corrected chi connectivity index (χ1v) is 11.6. The molecule has 2 N–H and O–H groups in total. The standard InChI is InChI=1S/C26H24ClFN4O2/c1-31-7-2-8-32(10-9-31)26(34)16-3-5-18-17(11-16)12-19-20(25(29)33)14-23(30-24(18)19)15-4-6-22(28)21(27)13-15/h3-6,11,13-14H,2,7-10,12H2,1H3,(H2,29,33). The van der Waals surface area contributed by atoms with E-state index in [0.717, 1.165) is 42.7 Å². The Balaban J connectivity index is 1.52. The predicted molar refractivity (Wildman–Crippen MR) is 129 cm³/mol. The molecule has 2 aromatic carbocycles. The molecular weight excluding hydrogens is 455 g/mol. The van der Waals surface area contributed by atoms with Crippen molar-refractivity contribution in [1.82, 2.24) is 14.8 Å². The summed E-state index contributed by atoms with van der Waals surface area (Å²) in [6.07, 6.45) is 1.41. The minimum Gasteiger partial charge on any atom is -0.366 e. The van der Waals surface area contributed by atoms with Crippen molar-refractivity contribution in [2.45, 2.75) is 12.8 Å². The molecule has 1 aliphatic carbocycles. The Kier molecular flexibility index (Phi) is 5.83. The minimum atomic E-state index is -0.564. The molecule has 1 aromatic heterocycles. The van der Waals surface area contributed by atoms with Crippen molar-refractivity contribution in [3.8, 4) is 22.5 Å². The normalized spacial score (nSPS) is 15.6. The van der Waals surface area contributed by atoms with Gasteiger partial charge >= 0.3 is 0 Å². The molecule has 34 heavy (non-hydrogen) atoms. The number of fused-ring (bicyclic) bond motifs is 3. The lowest BCUT2D eigenvalue weighted by molar-refractivity contribution is 0.0762. The van der Waals surface area contributed by atoms with Crippen LogP contribution >= 0.6 is 11.6 Å². The number of nitrogens with zero attached hydrogens (tertiary/aromatic N) is 3. The summed E-state index contributed by atoms with van der Waals surface area (Å²) < 4.78 is 13.7. The van der Waals surface area contributed by atoms with Gasteiger partial charge < -0.3 is 15.5 Å². The van der Waals surface area contributed by atoms with Crippen LogP contribution in [-0.4, -0.2) is 59.8 Å². The van der Waals surface area contributed by atoms with Crippen molar-refractivity contribution in [3.05, 3.63) is 75.6 Å². The Morgan fingerprint density at radius 1 is 1.06 bits per heavy atom. The van der Waals surface area contributed by atoms with E-state index in [1.807, 2.05) is 23.1 Å². The SMILES string of the molecule is CN1CCCN(C(=O)c2ccc3c(c2)Cc2c(C(N)=O)cc(-c4ccc(F)c(Cl)c4)nc2-3)CC1. The van der Waals surface area contributed by atoms with Crippen LogP contribution in [0.2, 0.25) is 5.02 Å². The second kappa shape index (κ2) is 8.81. The molecule has 2 aliphatic rings. The quantitative estimate of drug-likeness (QED) is 0.483. The van der Waals surface area contributed by atoms with Gasteiger partial charge in [0.2, 0.25) is 5.91 Å². The minimum absolute atomic E-state index is 0.0128. The van der Waals surface area contributed by atoms with Crippen LogP contribution in [0.4, 0.5) is 4.39 Å². The molecular formula is C26H24ClFN4O2. The van der Waals surface area contributed by atoms with Gasteiger partial charge in [-0.05, 0) is 67.5 Å². The van der Waals surface area contributed by atoms with Crippen molar-refractivity contribution in [2.75, 3.05) is 33.2 Å². The first kappa shape index (κ1) is 22.5. The number of benzene rings is 2. The Hall–Kier alpha value is -3.29. The number of nitrogens with two attached hydrogens (primary N) is 1. The number of hydrogen-bond donors (Lipinski definition) is 1. The lowest BCUT2D eigenvalue weighted by Crippen LogP contribution is -2.34. The smallest absolute Gasteiger partial charge is 0.253 e. The molecule has 0 radical (unpaired) electrons. The molecule has 0 bridgehead atoms. The van der Waals surface area contributed by atoms with Gasteiger partial charge in [0.25, 0.3) is 5.91 Å². The molecule has 0 spiro atoms. The summed E-state index contributed by atoms with van der Waals surface area (Å²) >= 11 is 5.96. The van der Waals surface area contributed by atoms with Gasteiger partial charge in [0.15, 0.2) is 0 Å². The zero-order valence-corrected chi connectivity index (χ0v) is 19.5. The summed E-state index contributed by atoms with van der Waals surface area (Å²) in [4.78, 5) is 34.4. The first-order chi connectivity index (χ1) is 16.3. The van der Waals surface area contributed by atoms with E-state index >= 15 is 0 Å². The predicted octanol–water partition coefficient (Wildman–Crippen LogP) is 3.99. The van der Waals surface area contributed by atoms with Crippen LogP contribution in [0.3, 0.4) is 0 Å². The van der Waals surface area contributed by atoms with E-state index in [0.29, 0.717) is 41.0 Å². The van der Waals surface area contributed by atoms with Gasteiger partial charge in [-0.3, -0.25) is 9.59 Å². The van der Waals surface area contributed by atoms with Crippen molar-refractivity contribution in [3.63, 3.8) is 0 Å². The highest BCUT2D eigenvalue weighted by atomic mass is 35.5. The van der Waals surface area contributed by atoms with Crippen LogP contribution in [0.25, 0.3) is 22.5 Å². The molecule has 2 amide bonds. The molecule has 5 rings (SSSR count). The Bertz CT molecular complexity index is 1330. The van der Waals surface area contributed by atoms with Crippen LogP contribution in [0, 0.1) is 5.82 Å². The lowest BCUT2D eigenvalue weighted by Gasteiger charge is -2.21. The zero-order chi connectivity index (χ0) is 24.0. The highest BCUT2D eigenvalue weighted by Crippen LogP contribution is 2.39. The van der Waals surface area contributed by atoms with Crippen LogP contribution in [0.5, 0.6) is 0 Å². The van der Waals surface area contributed by atoms with Crippen molar-refractivity contribution >= 4 is 23.4 Å². The Labute approximate surface area is 202 Å². The molecule has 174 valence electrons. The number of primary amides is 1. The maximum absolute atomic E-state index is 13.7. The summed E-state index contributed by atoms with van der Waals surface area (Å²) in [6.45, 7) is 3.26. The summed E-state index contributed by atoms with van der Waals surface area (Å²) in [7, 11) is 2.07. The number of carbonyl (C=O) groups excluding carboxylic acids is 2.